The second-order valence-electron chi connectivity index (χ2n) is 5.84. The number of carboxylic acids is 1. The van der Waals surface area contributed by atoms with E-state index in [1.54, 1.807) is 12.1 Å². The summed E-state index contributed by atoms with van der Waals surface area (Å²) in [7, 11) is 0. The van der Waals surface area contributed by atoms with Crippen LogP contribution in [0, 0.1) is 11.8 Å². The molecule has 3 nitrogen and oxygen atoms in total. The van der Waals surface area contributed by atoms with E-state index in [9.17, 15) is 4.79 Å². The molecule has 1 aliphatic rings. The SMILES string of the molecule is CC1CCC(CCNc2ccc(C(=O)O)cc2Br)CC1. The first kappa shape index (κ1) is 15.4. The molecule has 1 aliphatic carbocycles. The van der Waals surface area contributed by atoms with Crippen LogP contribution in [0.5, 0.6) is 0 Å². The van der Waals surface area contributed by atoms with Crippen LogP contribution in [0.15, 0.2) is 22.7 Å². The number of carbonyl (C=O) groups is 1. The molecule has 1 aromatic carbocycles. The Morgan fingerprint density at radius 3 is 2.65 bits per heavy atom. The van der Waals surface area contributed by atoms with Crippen LogP contribution in [-0.4, -0.2) is 17.6 Å². The Labute approximate surface area is 128 Å². The fraction of sp³-hybridized carbons (Fsp3) is 0.562. The highest BCUT2D eigenvalue weighted by molar-refractivity contribution is 9.10. The highest BCUT2D eigenvalue weighted by Crippen LogP contribution is 2.30. The summed E-state index contributed by atoms with van der Waals surface area (Å²) < 4.78 is 0.815. The minimum atomic E-state index is -0.895. The number of rotatable bonds is 5. The third-order valence-corrected chi connectivity index (χ3v) is 4.88. The van der Waals surface area contributed by atoms with E-state index in [-0.39, 0.29) is 0 Å². The molecular weight excluding hydrogens is 318 g/mol. The lowest BCUT2D eigenvalue weighted by atomic mass is 9.81. The van der Waals surface area contributed by atoms with Crippen LogP contribution in [0.1, 0.15) is 49.4 Å². The number of nitrogens with one attached hydrogen (secondary N) is 1. The van der Waals surface area contributed by atoms with Crippen molar-refractivity contribution in [1.29, 1.82) is 0 Å². The number of aromatic carboxylic acids is 1. The Bertz CT molecular complexity index is 468. The third kappa shape index (κ3) is 4.23. The fourth-order valence-corrected chi connectivity index (χ4v) is 3.34. The molecule has 0 radical (unpaired) electrons. The van der Waals surface area contributed by atoms with Gasteiger partial charge in [0.25, 0.3) is 0 Å². The van der Waals surface area contributed by atoms with Gasteiger partial charge in [-0.15, -0.1) is 0 Å². The molecule has 2 N–H and O–H groups in total. The van der Waals surface area contributed by atoms with Crippen molar-refractivity contribution in [3.8, 4) is 0 Å². The summed E-state index contributed by atoms with van der Waals surface area (Å²) in [5, 5.41) is 12.3. The lowest BCUT2D eigenvalue weighted by Gasteiger charge is -2.26. The second-order valence-corrected chi connectivity index (χ2v) is 6.70. The van der Waals surface area contributed by atoms with Crippen molar-refractivity contribution < 1.29 is 9.90 Å². The Kier molecular flexibility index (Phi) is 5.46. The maximum absolute atomic E-state index is 10.9. The van der Waals surface area contributed by atoms with Crippen LogP contribution >= 0.6 is 15.9 Å². The van der Waals surface area contributed by atoms with Crippen molar-refractivity contribution in [1.82, 2.24) is 0 Å². The number of halogens is 1. The van der Waals surface area contributed by atoms with Crippen molar-refractivity contribution in [2.24, 2.45) is 11.8 Å². The first-order valence-electron chi connectivity index (χ1n) is 7.33. The van der Waals surface area contributed by atoms with Gasteiger partial charge in [0.2, 0.25) is 0 Å². The average molecular weight is 340 g/mol. The summed E-state index contributed by atoms with van der Waals surface area (Å²) >= 11 is 3.42. The zero-order chi connectivity index (χ0) is 14.5. The first-order chi connectivity index (χ1) is 9.56. The summed E-state index contributed by atoms with van der Waals surface area (Å²) in [5.74, 6) is 0.848. The zero-order valence-electron chi connectivity index (χ0n) is 11.9. The van der Waals surface area contributed by atoms with Gasteiger partial charge in [0.1, 0.15) is 0 Å². The van der Waals surface area contributed by atoms with Crippen molar-refractivity contribution >= 4 is 27.6 Å². The van der Waals surface area contributed by atoms with Gasteiger partial charge < -0.3 is 10.4 Å². The number of anilines is 1. The molecule has 0 atom stereocenters. The molecule has 0 saturated heterocycles. The molecule has 2 rings (SSSR count). The van der Waals surface area contributed by atoms with Crippen molar-refractivity contribution in [3.63, 3.8) is 0 Å². The summed E-state index contributed by atoms with van der Waals surface area (Å²) in [4.78, 5) is 10.9. The van der Waals surface area contributed by atoms with Crippen LogP contribution in [0.3, 0.4) is 0 Å². The van der Waals surface area contributed by atoms with Crippen LogP contribution in [0.4, 0.5) is 5.69 Å². The molecule has 1 aromatic rings. The molecule has 1 fully saturated rings. The van der Waals surface area contributed by atoms with Gasteiger partial charge in [-0.2, -0.15) is 0 Å². The Hall–Kier alpha value is -1.03. The maximum Gasteiger partial charge on any atom is 0.335 e. The first-order valence-corrected chi connectivity index (χ1v) is 8.12. The second kappa shape index (κ2) is 7.11. The van der Waals surface area contributed by atoms with Crippen molar-refractivity contribution in [2.75, 3.05) is 11.9 Å². The zero-order valence-corrected chi connectivity index (χ0v) is 13.4. The standard InChI is InChI=1S/C16H22BrNO2/c1-11-2-4-12(5-3-11)8-9-18-15-7-6-13(16(19)20)10-14(15)17/h6-7,10-12,18H,2-5,8-9H2,1H3,(H,19,20). The molecule has 0 spiro atoms. The molecule has 0 heterocycles. The smallest absolute Gasteiger partial charge is 0.335 e. The molecule has 110 valence electrons. The van der Waals surface area contributed by atoms with Gasteiger partial charge >= 0.3 is 5.97 Å². The lowest BCUT2D eigenvalue weighted by molar-refractivity contribution is 0.0697. The van der Waals surface area contributed by atoms with E-state index in [1.165, 1.54) is 32.1 Å². The molecular formula is C16H22BrNO2. The van der Waals surface area contributed by atoms with Crippen LogP contribution in [0.25, 0.3) is 0 Å². The molecule has 1 saturated carbocycles. The molecule has 0 aliphatic heterocycles. The van der Waals surface area contributed by atoms with Crippen molar-refractivity contribution in [3.05, 3.63) is 28.2 Å². The third-order valence-electron chi connectivity index (χ3n) is 4.22. The van der Waals surface area contributed by atoms with E-state index in [4.69, 9.17) is 5.11 Å². The number of benzene rings is 1. The minimum absolute atomic E-state index is 0.309. The van der Waals surface area contributed by atoms with E-state index in [1.807, 2.05) is 6.07 Å². The molecule has 0 bridgehead atoms. The molecule has 0 unspecified atom stereocenters. The van der Waals surface area contributed by atoms with Gasteiger partial charge in [-0.25, -0.2) is 4.79 Å². The van der Waals surface area contributed by atoms with Gasteiger partial charge in [0.05, 0.1) is 5.56 Å². The Balaban J connectivity index is 1.81. The highest BCUT2D eigenvalue weighted by atomic mass is 79.9. The summed E-state index contributed by atoms with van der Waals surface area (Å²) in [6, 6.07) is 5.11. The molecule has 0 amide bonds. The topological polar surface area (TPSA) is 49.3 Å². The summed E-state index contributed by atoms with van der Waals surface area (Å²) in [5.41, 5.74) is 1.28. The highest BCUT2D eigenvalue weighted by Gasteiger charge is 2.17. The quantitative estimate of drug-likeness (QED) is 0.811. The monoisotopic (exact) mass is 339 g/mol. The van der Waals surface area contributed by atoms with Crippen LogP contribution < -0.4 is 5.32 Å². The van der Waals surface area contributed by atoms with E-state index < -0.39 is 5.97 Å². The lowest BCUT2D eigenvalue weighted by Crippen LogP contribution is -2.16. The van der Waals surface area contributed by atoms with Gasteiger partial charge in [-0.1, -0.05) is 32.6 Å². The minimum Gasteiger partial charge on any atom is -0.478 e. The normalized spacial score (nSPS) is 22.5. The average Bonchev–Trinajstić information content (AvgIpc) is 2.42. The van der Waals surface area contributed by atoms with E-state index in [0.717, 1.165) is 28.5 Å². The van der Waals surface area contributed by atoms with E-state index in [2.05, 4.69) is 28.2 Å². The predicted octanol–water partition coefficient (Wildman–Crippen LogP) is 4.78. The molecule has 0 aromatic heterocycles. The van der Waals surface area contributed by atoms with Crippen LogP contribution in [0.2, 0.25) is 0 Å². The van der Waals surface area contributed by atoms with Crippen LogP contribution in [-0.2, 0) is 0 Å². The van der Waals surface area contributed by atoms with Gasteiger partial charge in [0, 0.05) is 16.7 Å². The largest absolute Gasteiger partial charge is 0.478 e. The summed E-state index contributed by atoms with van der Waals surface area (Å²) in [6.45, 7) is 3.29. The fourth-order valence-electron chi connectivity index (χ4n) is 2.82. The van der Waals surface area contributed by atoms with E-state index in [0.29, 0.717) is 5.56 Å². The number of hydrogen-bond donors (Lipinski definition) is 2. The summed E-state index contributed by atoms with van der Waals surface area (Å²) in [6.07, 6.45) is 6.62. The number of hydrogen-bond acceptors (Lipinski definition) is 2. The molecule has 20 heavy (non-hydrogen) atoms. The van der Waals surface area contributed by atoms with Crippen molar-refractivity contribution in [2.45, 2.75) is 39.0 Å². The predicted molar refractivity (Wildman–Crippen MR) is 85.3 cm³/mol. The van der Waals surface area contributed by atoms with Gasteiger partial charge in [-0.3, -0.25) is 0 Å². The van der Waals surface area contributed by atoms with E-state index >= 15 is 0 Å². The Morgan fingerprint density at radius 2 is 2.05 bits per heavy atom. The Morgan fingerprint density at radius 1 is 1.35 bits per heavy atom. The molecule has 4 heteroatoms. The maximum atomic E-state index is 10.9. The van der Waals surface area contributed by atoms with Gasteiger partial charge in [0.15, 0.2) is 0 Å². The number of carboxylic acid groups (broad SMARTS) is 1. The van der Waals surface area contributed by atoms with Gasteiger partial charge in [-0.05, 0) is 52.4 Å².